The first-order chi connectivity index (χ1) is 8.24. The largest absolute Gasteiger partial charge is 0.349 e. The van der Waals surface area contributed by atoms with Crippen LogP contribution in [0.15, 0.2) is 36.7 Å². The molecule has 0 aliphatic carbocycles. The molecule has 0 unspecified atom stereocenters. The summed E-state index contributed by atoms with van der Waals surface area (Å²) in [5.74, 6) is 0.773. The van der Waals surface area contributed by atoms with Crippen LogP contribution in [0.3, 0.4) is 0 Å². The van der Waals surface area contributed by atoms with Gasteiger partial charge in [-0.05, 0) is 12.5 Å². The number of nitrogens with one attached hydrogen (secondary N) is 2. The Morgan fingerprint density at radius 2 is 2.35 bits per heavy atom. The van der Waals surface area contributed by atoms with E-state index in [1.807, 2.05) is 31.2 Å². The molecule has 2 aromatic rings. The van der Waals surface area contributed by atoms with Gasteiger partial charge in [0.15, 0.2) is 0 Å². The highest BCUT2D eigenvalue weighted by molar-refractivity contribution is 5.78. The zero-order valence-electron chi connectivity index (χ0n) is 9.73. The van der Waals surface area contributed by atoms with Gasteiger partial charge in [-0.25, -0.2) is 4.98 Å². The van der Waals surface area contributed by atoms with Gasteiger partial charge in [-0.15, -0.1) is 0 Å². The molecule has 4 heteroatoms. The summed E-state index contributed by atoms with van der Waals surface area (Å²) in [4.78, 5) is 18.6. The van der Waals surface area contributed by atoms with E-state index in [2.05, 4.69) is 15.3 Å². The number of amides is 1. The summed E-state index contributed by atoms with van der Waals surface area (Å²) >= 11 is 0. The van der Waals surface area contributed by atoms with E-state index < -0.39 is 0 Å². The number of nitrogens with zero attached hydrogens (tertiary/aromatic N) is 1. The van der Waals surface area contributed by atoms with E-state index in [9.17, 15) is 4.79 Å². The van der Waals surface area contributed by atoms with Crippen LogP contribution in [-0.4, -0.2) is 15.9 Å². The Kier molecular flexibility index (Phi) is 3.55. The summed E-state index contributed by atoms with van der Waals surface area (Å²) in [5, 5.41) is 2.82. The lowest BCUT2D eigenvalue weighted by atomic mass is 10.1. The predicted octanol–water partition coefficient (Wildman–Crippen LogP) is 1.58. The molecule has 0 saturated carbocycles. The highest BCUT2D eigenvalue weighted by atomic mass is 16.1. The van der Waals surface area contributed by atoms with E-state index in [4.69, 9.17) is 0 Å². The van der Waals surface area contributed by atoms with Crippen molar-refractivity contribution in [3.63, 3.8) is 0 Å². The summed E-state index contributed by atoms with van der Waals surface area (Å²) in [6, 6.07) is 7.96. The monoisotopic (exact) mass is 229 g/mol. The van der Waals surface area contributed by atoms with E-state index in [1.54, 1.807) is 12.4 Å². The molecule has 0 atom stereocenters. The smallest absolute Gasteiger partial charge is 0.224 e. The molecule has 88 valence electrons. The number of carbonyl (C=O) groups is 1. The normalized spacial score (nSPS) is 10.2. The Bertz CT molecular complexity index is 491. The minimum absolute atomic E-state index is 0.00648. The van der Waals surface area contributed by atoms with E-state index in [-0.39, 0.29) is 5.91 Å². The second kappa shape index (κ2) is 5.30. The van der Waals surface area contributed by atoms with Crippen LogP contribution in [-0.2, 0) is 17.8 Å². The number of imidazole rings is 1. The number of aromatic amines is 1. The van der Waals surface area contributed by atoms with Crippen LogP contribution < -0.4 is 5.32 Å². The third kappa shape index (κ3) is 3.45. The fraction of sp³-hybridized carbons (Fsp3) is 0.231. The molecule has 1 aromatic carbocycles. The van der Waals surface area contributed by atoms with Crippen molar-refractivity contribution in [3.8, 4) is 0 Å². The Labute approximate surface area is 100 Å². The van der Waals surface area contributed by atoms with Crippen molar-refractivity contribution in [2.45, 2.75) is 19.9 Å². The number of carbonyl (C=O) groups excluding carboxylic acids is 1. The second-order valence-electron chi connectivity index (χ2n) is 3.98. The highest BCUT2D eigenvalue weighted by Crippen LogP contribution is 2.04. The topological polar surface area (TPSA) is 57.8 Å². The highest BCUT2D eigenvalue weighted by Gasteiger charge is 2.03. The van der Waals surface area contributed by atoms with Crippen molar-refractivity contribution >= 4 is 5.91 Å². The van der Waals surface area contributed by atoms with Crippen molar-refractivity contribution < 1.29 is 4.79 Å². The fourth-order valence-corrected chi connectivity index (χ4v) is 1.65. The van der Waals surface area contributed by atoms with Gasteiger partial charge in [-0.2, -0.15) is 0 Å². The van der Waals surface area contributed by atoms with Gasteiger partial charge in [0.1, 0.15) is 5.82 Å². The number of aryl methyl sites for hydroxylation is 1. The minimum Gasteiger partial charge on any atom is -0.349 e. The maximum Gasteiger partial charge on any atom is 0.224 e. The van der Waals surface area contributed by atoms with E-state index >= 15 is 0 Å². The zero-order valence-corrected chi connectivity index (χ0v) is 9.73. The third-order valence-electron chi connectivity index (χ3n) is 2.46. The standard InChI is InChI=1S/C13H15N3O/c1-10-3-2-4-11(7-10)8-13(17)16-9-12-14-5-6-15-12/h2-7H,8-9H2,1H3,(H,14,15)(H,16,17). The predicted molar refractivity (Wildman–Crippen MR) is 65.3 cm³/mol. The van der Waals surface area contributed by atoms with Crippen molar-refractivity contribution in [3.05, 3.63) is 53.6 Å². The molecule has 0 aliphatic rings. The SMILES string of the molecule is Cc1cccc(CC(=O)NCc2ncc[nH]2)c1. The molecule has 0 aliphatic heterocycles. The quantitative estimate of drug-likeness (QED) is 0.836. The Balaban J connectivity index is 1.85. The van der Waals surface area contributed by atoms with Crippen molar-refractivity contribution in [2.24, 2.45) is 0 Å². The molecule has 1 aromatic heterocycles. The van der Waals surface area contributed by atoms with Gasteiger partial charge in [0.2, 0.25) is 5.91 Å². The molecule has 17 heavy (non-hydrogen) atoms. The van der Waals surface area contributed by atoms with Crippen molar-refractivity contribution in [2.75, 3.05) is 0 Å². The fourth-order valence-electron chi connectivity index (χ4n) is 1.65. The Morgan fingerprint density at radius 3 is 3.06 bits per heavy atom. The number of aromatic nitrogens is 2. The molecule has 1 amide bonds. The molecule has 2 N–H and O–H groups in total. The molecule has 0 bridgehead atoms. The first-order valence-corrected chi connectivity index (χ1v) is 5.54. The first-order valence-electron chi connectivity index (χ1n) is 5.54. The molecule has 1 heterocycles. The minimum atomic E-state index is 0.00648. The van der Waals surface area contributed by atoms with E-state index in [1.165, 1.54) is 5.56 Å². The lowest BCUT2D eigenvalue weighted by Gasteiger charge is -2.04. The van der Waals surface area contributed by atoms with Crippen LogP contribution >= 0.6 is 0 Å². The van der Waals surface area contributed by atoms with Gasteiger partial charge < -0.3 is 10.3 Å². The second-order valence-corrected chi connectivity index (χ2v) is 3.98. The molecule has 0 saturated heterocycles. The van der Waals surface area contributed by atoms with Gasteiger partial charge in [0, 0.05) is 12.4 Å². The van der Waals surface area contributed by atoms with Gasteiger partial charge in [-0.3, -0.25) is 4.79 Å². The molecule has 4 nitrogen and oxygen atoms in total. The molecule has 0 fully saturated rings. The maximum absolute atomic E-state index is 11.7. The number of benzene rings is 1. The average molecular weight is 229 g/mol. The third-order valence-corrected chi connectivity index (χ3v) is 2.46. The lowest BCUT2D eigenvalue weighted by Crippen LogP contribution is -2.25. The summed E-state index contributed by atoms with van der Waals surface area (Å²) in [5.41, 5.74) is 2.20. The summed E-state index contributed by atoms with van der Waals surface area (Å²) in [7, 11) is 0. The van der Waals surface area contributed by atoms with E-state index in [0.717, 1.165) is 11.4 Å². The maximum atomic E-state index is 11.7. The van der Waals surface area contributed by atoms with Crippen LogP contribution in [0.2, 0.25) is 0 Å². The van der Waals surface area contributed by atoms with E-state index in [0.29, 0.717) is 13.0 Å². The Morgan fingerprint density at radius 1 is 1.47 bits per heavy atom. The molecular weight excluding hydrogens is 214 g/mol. The van der Waals surface area contributed by atoms with Crippen LogP contribution in [0.5, 0.6) is 0 Å². The zero-order chi connectivity index (χ0) is 12.1. The molecule has 0 spiro atoms. The van der Waals surface area contributed by atoms with Crippen LogP contribution in [0.1, 0.15) is 17.0 Å². The number of H-pyrrole nitrogens is 1. The van der Waals surface area contributed by atoms with Crippen molar-refractivity contribution in [1.29, 1.82) is 0 Å². The Hall–Kier alpha value is -2.10. The first kappa shape index (κ1) is 11.4. The average Bonchev–Trinajstić information content (AvgIpc) is 2.79. The summed E-state index contributed by atoms with van der Waals surface area (Å²) < 4.78 is 0. The lowest BCUT2D eigenvalue weighted by molar-refractivity contribution is -0.120. The van der Waals surface area contributed by atoms with Gasteiger partial charge in [-0.1, -0.05) is 29.8 Å². The van der Waals surface area contributed by atoms with Crippen LogP contribution in [0.4, 0.5) is 0 Å². The van der Waals surface area contributed by atoms with Crippen LogP contribution in [0.25, 0.3) is 0 Å². The molecular formula is C13H15N3O. The molecule has 2 rings (SSSR count). The number of rotatable bonds is 4. The summed E-state index contributed by atoms with van der Waals surface area (Å²) in [6.45, 7) is 2.46. The van der Waals surface area contributed by atoms with Crippen LogP contribution in [0, 0.1) is 6.92 Å². The van der Waals surface area contributed by atoms with Crippen molar-refractivity contribution in [1.82, 2.24) is 15.3 Å². The van der Waals surface area contributed by atoms with Gasteiger partial charge >= 0.3 is 0 Å². The number of hydrogen-bond donors (Lipinski definition) is 2. The number of hydrogen-bond acceptors (Lipinski definition) is 2. The van der Waals surface area contributed by atoms with Gasteiger partial charge in [0.25, 0.3) is 0 Å². The van der Waals surface area contributed by atoms with Gasteiger partial charge in [0.05, 0.1) is 13.0 Å². The molecule has 0 radical (unpaired) electrons. The summed E-state index contributed by atoms with van der Waals surface area (Å²) in [6.07, 6.45) is 3.81.